The van der Waals surface area contributed by atoms with Gasteiger partial charge in [0.2, 0.25) is 11.8 Å². The highest BCUT2D eigenvalue weighted by atomic mass is 127. The molecule has 2 fully saturated rings. The third kappa shape index (κ3) is 9.21. The highest BCUT2D eigenvalue weighted by Gasteiger charge is 2.17. The van der Waals surface area contributed by atoms with Crippen LogP contribution in [0.25, 0.3) is 0 Å². The maximum Gasteiger partial charge on any atom is 0.222 e. The Morgan fingerprint density at radius 3 is 2.87 bits per heavy atom. The average molecular weight is 543 g/mol. The smallest absolute Gasteiger partial charge is 0.222 e. The summed E-state index contributed by atoms with van der Waals surface area (Å²) in [5, 5.41) is 6.68. The van der Waals surface area contributed by atoms with Gasteiger partial charge in [-0.1, -0.05) is 6.42 Å². The summed E-state index contributed by atoms with van der Waals surface area (Å²) in [7, 11) is 0. The van der Waals surface area contributed by atoms with Gasteiger partial charge in [-0.15, -0.1) is 24.0 Å². The van der Waals surface area contributed by atoms with E-state index in [0.29, 0.717) is 30.9 Å². The molecule has 2 heterocycles. The molecule has 1 saturated heterocycles. The van der Waals surface area contributed by atoms with E-state index in [0.717, 1.165) is 69.8 Å². The molecule has 0 unspecified atom stereocenters. The standard InChI is InChI=1S/C23H37N5O2.HI/c1-2-24-23(26-13-8-16-28-15-7-3-4-11-22(28)29)27-18-19-12-14-25-21(17-19)30-20-9-5-6-10-20;/h12,14,17,20H,2-11,13,15-16,18H2,1H3,(H2,24,26,27);1H. The largest absolute Gasteiger partial charge is 0.474 e. The van der Waals surface area contributed by atoms with E-state index in [-0.39, 0.29) is 24.0 Å². The molecule has 1 aliphatic heterocycles. The van der Waals surface area contributed by atoms with E-state index in [1.54, 1.807) is 6.20 Å². The Kier molecular flexibility index (Phi) is 12.0. The van der Waals surface area contributed by atoms with Gasteiger partial charge in [0.25, 0.3) is 0 Å². The number of nitrogens with zero attached hydrogens (tertiary/aromatic N) is 3. The van der Waals surface area contributed by atoms with Gasteiger partial charge in [-0.05, 0) is 63.5 Å². The summed E-state index contributed by atoms with van der Waals surface area (Å²) in [6.45, 7) is 5.96. The van der Waals surface area contributed by atoms with E-state index in [4.69, 9.17) is 9.73 Å². The Morgan fingerprint density at radius 2 is 2.06 bits per heavy atom. The Hall–Kier alpha value is -1.58. The van der Waals surface area contributed by atoms with Gasteiger partial charge in [0.05, 0.1) is 6.54 Å². The van der Waals surface area contributed by atoms with Crippen LogP contribution in [0.1, 0.15) is 70.3 Å². The van der Waals surface area contributed by atoms with Crippen molar-refractivity contribution < 1.29 is 9.53 Å². The van der Waals surface area contributed by atoms with Crippen molar-refractivity contribution in [2.75, 3.05) is 26.2 Å². The van der Waals surface area contributed by atoms with Crippen molar-refractivity contribution >= 4 is 35.8 Å². The number of hydrogen-bond donors (Lipinski definition) is 2. The van der Waals surface area contributed by atoms with Crippen LogP contribution >= 0.6 is 24.0 Å². The predicted octanol–water partition coefficient (Wildman–Crippen LogP) is 3.87. The zero-order valence-electron chi connectivity index (χ0n) is 18.8. The summed E-state index contributed by atoms with van der Waals surface area (Å²) < 4.78 is 6.00. The number of guanidine groups is 1. The number of nitrogens with one attached hydrogen (secondary N) is 2. The fraction of sp³-hybridized carbons (Fsp3) is 0.696. The van der Waals surface area contributed by atoms with Crippen molar-refractivity contribution in [3.63, 3.8) is 0 Å². The van der Waals surface area contributed by atoms with Crippen LogP contribution in [0.4, 0.5) is 0 Å². The molecule has 0 atom stereocenters. The van der Waals surface area contributed by atoms with Crippen molar-refractivity contribution in [2.45, 2.75) is 77.4 Å². The number of hydrogen-bond acceptors (Lipinski definition) is 4. The number of amides is 1. The van der Waals surface area contributed by atoms with Gasteiger partial charge >= 0.3 is 0 Å². The van der Waals surface area contributed by atoms with E-state index < -0.39 is 0 Å². The minimum absolute atomic E-state index is 0. The molecule has 0 spiro atoms. The maximum atomic E-state index is 12.1. The maximum absolute atomic E-state index is 12.1. The van der Waals surface area contributed by atoms with Crippen LogP contribution < -0.4 is 15.4 Å². The lowest BCUT2D eigenvalue weighted by molar-refractivity contribution is -0.130. The Morgan fingerprint density at radius 1 is 1.23 bits per heavy atom. The first-order valence-electron chi connectivity index (χ1n) is 11.7. The molecule has 8 heteroatoms. The second-order valence-corrected chi connectivity index (χ2v) is 8.19. The van der Waals surface area contributed by atoms with Gasteiger partial charge in [-0.3, -0.25) is 4.79 Å². The molecular weight excluding hydrogens is 505 g/mol. The molecule has 174 valence electrons. The number of aliphatic imine (C=N–C) groups is 1. The van der Waals surface area contributed by atoms with Crippen LogP contribution in [0.15, 0.2) is 23.3 Å². The lowest BCUT2D eigenvalue weighted by Crippen LogP contribution is -2.39. The van der Waals surface area contributed by atoms with E-state index in [2.05, 4.69) is 22.5 Å². The van der Waals surface area contributed by atoms with E-state index in [9.17, 15) is 4.79 Å². The number of pyridine rings is 1. The molecule has 2 aliphatic rings. The van der Waals surface area contributed by atoms with Crippen molar-refractivity contribution in [2.24, 2.45) is 4.99 Å². The number of likely N-dealkylation sites (tertiary alicyclic amines) is 1. The highest BCUT2D eigenvalue weighted by Crippen LogP contribution is 2.23. The molecule has 3 rings (SSSR count). The summed E-state index contributed by atoms with van der Waals surface area (Å²) in [4.78, 5) is 23.2. The van der Waals surface area contributed by atoms with E-state index in [1.807, 2.05) is 17.0 Å². The Balaban J connectivity index is 0.00000341. The molecule has 7 nitrogen and oxygen atoms in total. The first-order chi connectivity index (χ1) is 14.7. The molecule has 0 radical (unpaired) electrons. The zero-order chi connectivity index (χ0) is 21.0. The lowest BCUT2D eigenvalue weighted by atomic mass is 10.2. The fourth-order valence-corrected chi connectivity index (χ4v) is 4.05. The second-order valence-electron chi connectivity index (χ2n) is 8.19. The minimum Gasteiger partial charge on any atom is -0.474 e. The van der Waals surface area contributed by atoms with Gasteiger partial charge < -0.3 is 20.3 Å². The van der Waals surface area contributed by atoms with Crippen LogP contribution in [-0.4, -0.2) is 54.0 Å². The SMILES string of the molecule is CCNC(=NCc1ccnc(OC2CCCC2)c1)NCCCN1CCCCCC1=O.I. The first kappa shape index (κ1) is 25.7. The summed E-state index contributed by atoms with van der Waals surface area (Å²) in [6.07, 6.45) is 11.8. The molecule has 31 heavy (non-hydrogen) atoms. The van der Waals surface area contributed by atoms with Gasteiger partial charge in [-0.25, -0.2) is 9.98 Å². The number of carbonyl (C=O) groups is 1. The fourth-order valence-electron chi connectivity index (χ4n) is 4.05. The molecule has 0 bridgehead atoms. The van der Waals surface area contributed by atoms with Crippen molar-refractivity contribution in [3.8, 4) is 5.88 Å². The number of halogens is 1. The van der Waals surface area contributed by atoms with Crippen molar-refractivity contribution in [1.82, 2.24) is 20.5 Å². The van der Waals surface area contributed by atoms with Crippen LogP contribution in [0.2, 0.25) is 0 Å². The average Bonchev–Trinajstić information content (AvgIpc) is 3.17. The summed E-state index contributed by atoms with van der Waals surface area (Å²) in [6, 6.07) is 3.98. The Labute approximate surface area is 203 Å². The molecule has 1 saturated carbocycles. The van der Waals surface area contributed by atoms with Crippen LogP contribution in [0.3, 0.4) is 0 Å². The summed E-state index contributed by atoms with van der Waals surface area (Å²) in [5.74, 6) is 1.81. The number of rotatable bonds is 9. The third-order valence-electron chi connectivity index (χ3n) is 5.72. The van der Waals surface area contributed by atoms with Crippen molar-refractivity contribution in [3.05, 3.63) is 23.9 Å². The van der Waals surface area contributed by atoms with Crippen LogP contribution in [-0.2, 0) is 11.3 Å². The molecular formula is C23H38IN5O2. The van der Waals surface area contributed by atoms with E-state index in [1.165, 1.54) is 19.3 Å². The summed E-state index contributed by atoms with van der Waals surface area (Å²) in [5.41, 5.74) is 1.09. The zero-order valence-corrected chi connectivity index (χ0v) is 21.1. The molecule has 1 aromatic rings. The van der Waals surface area contributed by atoms with Gasteiger partial charge in [0.1, 0.15) is 6.10 Å². The van der Waals surface area contributed by atoms with Gasteiger partial charge in [0, 0.05) is 44.9 Å². The number of ether oxygens (including phenoxy) is 1. The van der Waals surface area contributed by atoms with Crippen LogP contribution in [0.5, 0.6) is 5.88 Å². The predicted molar refractivity (Wildman–Crippen MR) is 135 cm³/mol. The molecule has 1 aromatic heterocycles. The Bertz CT molecular complexity index is 694. The monoisotopic (exact) mass is 543 g/mol. The molecule has 1 aliphatic carbocycles. The quantitative estimate of drug-likeness (QED) is 0.214. The lowest BCUT2D eigenvalue weighted by Gasteiger charge is -2.20. The van der Waals surface area contributed by atoms with Gasteiger partial charge in [-0.2, -0.15) is 0 Å². The minimum atomic E-state index is 0. The number of aromatic nitrogens is 1. The normalized spacial score (nSPS) is 17.8. The topological polar surface area (TPSA) is 78.9 Å². The second kappa shape index (κ2) is 14.5. The van der Waals surface area contributed by atoms with Gasteiger partial charge in [0.15, 0.2) is 5.96 Å². The van der Waals surface area contributed by atoms with Crippen molar-refractivity contribution in [1.29, 1.82) is 0 Å². The van der Waals surface area contributed by atoms with E-state index >= 15 is 0 Å². The molecule has 1 amide bonds. The highest BCUT2D eigenvalue weighted by molar-refractivity contribution is 14.0. The number of carbonyl (C=O) groups excluding carboxylic acids is 1. The third-order valence-corrected chi connectivity index (χ3v) is 5.72. The molecule has 2 N–H and O–H groups in total. The summed E-state index contributed by atoms with van der Waals surface area (Å²) >= 11 is 0. The van der Waals surface area contributed by atoms with Crippen LogP contribution in [0, 0.1) is 0 Å². The molecule has 0 aromatic carbocycles. The first-order valence-corrected chi connectivity index (χ1v) is 11.7.